The van der Waals surface area contributed by atoms with Gasteiger partial charge < -0.3 is 25.4 Å². The van der Waals surface area contributed by atoms with Crippen LogP contribution in [0.2, 0.25) is 0 Å². The summed E-state index contributed by atoms with van der Waals surface area (Å²) in [5, 5.41) is 15.2. The normalized spacial score (nSPS) is 13.5. The summed E-state index contributed by atoms with van der Waals surface area (Å²) in [4.78, 5) is 38.7. The average molecular weight is 460 g/mol. The Kier molecular flexibility index (Phi) is 6.49. The maximum absolute atomic E-state index is 13.3. The molecule has 1 unspecified atom stereocenters. The minimum absolute atomic E-state index is 0.190. The molecule has 1 aliphatic heterocycles. The zero-order valence-electron chi connectivity index (χ0n) is 18.9. The lowest BCUT2D eigenvalue weighted by atomic mass is 10.0. The fourth-order valence-corrected chi connectivity index (χ4v) is 3.84. The number of methoxy groups -OCH3 is 1. The molecule has 0 spiro atoms. The van der Waals surface area contributed by atoms with Gasteiger partial charge in [0.1, 0.15) is 5.75 Å². The van der Waals surface area contributed by atoms with Crippen molar-refractivity contribution in [2.45, 2.75) is 19.5 Å². The molecule has 4 rings (SSSR count). The molecule has 0 fully saturated rings. The fraction of sp³-hybridized carbons (Fsp3) is 0.192. The molecule has 1 heterocycles. The molecule has 1 atom stereocenters. The van der Waals surface area contributed by atoms with Crippen molar-refractivity contribution in [3.05, 3.63) is 94.5 Å². The second-order valence-electron chi connectivity index (χ2n) is 8.00. The van der Waals surface area contributed by atoms with Crippen LogP contribution in [0.5, 0.6) is 5.75 Å². The molecule has 0 saturated heterocycles. The number of aromatic carboxylic acids is 1. The smallest absolute Gasteiger partial charge is 0.335 e. The number of carbonyl (C=O) groups excluding carboxylic acids is 2. The third-order valence-electron chi connectivity index (χ3n) is 5.93. The molecule has 0 saturated carbocycles. The van der Waals surface area contributed by atoms with E-state index in [0.29, 0.717) is 30.0 Å². The summed E-state index contributed by atoms with van der Waals surface area (Å²) in [7, 11) is 1.60. The Morgan fingerprint density at radius 3 is 2.38 bits per heavy atom. The molecule has 3 N–H and O–H groups in total. The van der Waals surface area contributed by atoms with Gasteiger partial charge in [0, 0.05) is 17.8 Å². The Hall–Kier alpha value is -4.33. The van der Waals surface area contributed by atoms with Crippen LogP contribution in [-0.4, -0.2) is 41.6 Å². The number of carboxylic acid groups (broad SMARTS) is 1. The summed E-state index contributed by atoms with van der Waals surface area (Å²) >= 11 is 0. The van der Waals surface area contributed by atoms with Crippen LogP contribution in [0.25, 0.3) is 0 Å². The average Bonchev–Trinajstić information content (AvgIpc) is 2.87. The molecule has 1 aliphatic rings. The van der Waals surface area contributed by atoms with Gasteiger partial charge in [0.25, 0.3) is 11.8 Å². The van der Waals surface area contributed by atoms with Crippen molar-refractivity contribution in [1.29, 1.82) is 0 Å². The van der Waals surface area contributed by atoms with E-state index in [4.69, 9.17) is 9.84 Å². The van der Waals surface area contributed by atoms with E-state index in [1.165, 1.54) is 12.1 Å². The van der Waals surface area contributed by atoms with E-state index < -0.39 is 5.97 Å². The van der Waals surface area contributed by atoms with Crippen LogP contribution < -0.4 is 15.4 Å². The summed E-state index contributed by atoms with van der Waals surface area (Å²) < 4.78 is 5.14. The first-order valence-corrected chi connectivity index (χ1v) is 10.8. The highest BCUT2D eigenvalue weighted by Gasteiger charge is 2.29. The van der Waals surface area contributed by atoms with E-state index in [0.717, 1.165) is 16.9 Å². The third kappa shape index (κ3) is 4.71. The summed E-state index contributed by atoms with van der Waals surface area (Å²) in [6.45, 7) is 2.53. The number of nitrogens with zero attached hydrogens (tertiary/aromatic N) is 1. The predicted molar refractivity (Wildman–Crippen MR) is 127 cm³/mol. The van der Waals surface area contributed by atoms with Crippen molar-refractivity contribution in [3.8, 4) is 5.75 Å². The van der Waals surface area contributed by atoms with Gasteiger partial charge in [-0.25, -0.2) is 4.79 Å². The van der Waals surface area contributed by atoms with Crippen molar-refractivity contribution >= 4 is 23.5 Å². The van der Waals surface area contributed by atoms with Crippen molar-refractivity contribution in [1.82, 2.24) is 10.2 Å². The number of carboxylic acids is 1. The maximum Gasteiger partial charge on any atom is 0.335 e. The minimum atomic E-state index is -0.998. The van der Waals surface area contributed by atoms with Gasteiger partial charge in [-0.3, -0.25) is 9.59 Å². The number of rotatable bonds is 7. The number of fused-ring (bicyclic) bond motifs is 1. The zero-order chi connectivity index (χ0) is 24.2. The Morgan fingerprint density at radius 1 is 1.06 bits per heavy atom. The SMILES string of the molecule is COc1ccc(CNC(=O)c2ccc3c(c2)C(=O)N(C(C)c2ccc(C(=O)O)cc2)CN3)cc1. The van der Waals surface area contributed by atoms with Crippen LogP contribution in [0.15, 0.2) is 66.7 Å². The van der Waals surface area contributed by atoms with E-state index in [1.54, 1.807) is 42.3 Å². The van der Waals surface area contributed by atoms with Gasteiger partial charge in [-0.15, -0.1) is 0 Å². The number of ether oxygens (including phenoxy) is 1. The molecule has 3 aromatic rings. The highest BCUT2D eigenvalue weighted by Crippen LogP contribution is 2.30. The van der Waals surface area contributed by atoms with Crippen molar-refractivity contribution in [2.75, 3.05) is 19.1 Å². The van der Waals surface area contributed by atoms with Gasteiger partial charge in [-0.1, -0.05) is 24.3 Å². The lowest BCUT2D eigenvalue weighted by Gasteiger charge is -2.34. The Labute approximate surface area is 197 Å². The molecule has 174 valence electrons. The molecular weight excluding hydrogens is 434 g/mol. The van der Waals surface area contributed by atoms with E-state index in [9.17, 15) is 14.4 Å². The van der Waals surface area contributed by atoms with Gasteiger partial charge in [0.05, 0.1) is 30.9 Å². The topological polar surface area (TPSA) is 108 Å². The van der Waals surface area contributed by atoms with Crippen LogP contribution in [0, 0.1) is 0 Å². The number of anilines is 1. The first-order chi connectivity index (χ1) is 16.4. The second-order valence-corrected chi connectivity index (χ2v) is 8.00. The Bertz CT molecular complexity index is 1220. The second kappa shape index (κ2) is 9.66. The summed E-state index contributed by atoms with van der Waals surface area (Å²) in [6.07, 6.45) is 0. The van der Waals surface area contributed by atoms with E-state index in [-0.39, 0.29) is 23.4 Å². The molecule has 3 aromatic carbocycles. The lowest BCUT2D eigenvalue weighted by molar-refractivity contribution is 0.0683. The van der Waals surface area contributed by atoms with Crippen molar-refractivity contribution < 1.29 is 24.2 Å². The summed E-state index contributed by atoms with van der Waals surface area (Å²) in [6, 6.07) is 18.6. The number of nitrogens with one attached hydrogen (secondary N) is 2. The number of amides is 2. The van der Waals surface area contributed by atoms with Gasteiger partial charge in [-0.05, 0) is 60.5 Å². The number of hydrogen-bond donors (Lipinski definition) is 3. The van der Waals surface area contributed by atoms with Gasteiger partial charge in [-0.2, -0.15) is 0 Å². The maximum atomic E-state index is 13.3. The molecule has 0 aromatic heterocycles. The molecule has 2 amide bonds. The fourth-order valence-electron chi connectivity index (χ4n) is 3.84. The van der Waals surface area contributed by atoms with Crippen LogP contribution >= 0.6 is 0 Å². The third-order valence-corrected chi connectivity index (χ3v) is 5.93. The van der Waals surface area contributed by atoms with E-state index in [1.807, 2.05) is 31.2 Å². The zero-order valence-corrected chi connectivity index (χ0v) is 18.9. The molecule has 34 heavy (non-hydrogen) atoms. The van der Waals surface area contributed by atoms with Crippen LogP contribution in [0.3, 0.4) is 0 Å². The summed E-state index contributed by atoms with van der Waals surface area (Å²) in [5.41, 5.74) is 3.41. The quantitative estimate of drug-likeness (QED) is 0.494. The van der Waals surface area contributed by atoms with Gasteiger partial charge >= 0.3 is 5.97 Å². The molecule has 8 heteroatoms. The number of carbonyl (C=O) groups is 3. The van der Waals surface area contributed by atoms with Crippen LogP contribution in [-0.2, 0) is 6.54 Å². The highest BCUT2D eigenvalue weighted by atomic mass is 16.5. The van der Waals surface area contributed by atoms with E-state index in [2.05, 4.69) is 10.6 Å². The number of hydrogen-bond acceptors (Lipinski definition) is 5. The molecule has 0 bridgehead atoms. The van der Waals surface area contributed by atoms with Crippen molar-refractivity contribution in [3.63, 3.8) is 0 Å². The predicted octanol–water partition coefficient (Wildman–Crippen LogP) is 3.91. The van der Waals surface area contributed by atoms with Gasteiger partial charge in [0.15, 0.2) is 0 Å². The van der Waals surface area contributed by atoms with Crippen LogP contribution in [0.1, 0.15) is 55.2 Å². The monoisotopic (exact) mass is 459 g/mol. The van der Waals surface area contributed by atoms with Gasteiger partial charge in [0.2, 0.25) is 0 Å². The van der Waals surface area contributed by atoms with E-state index >= 15 is 0 Å². The Balaban J connectivity index is 1.47. The number of benzene rings is 3. The minimum Gasteiger partial charge on any atom is -0.497 e. The summed E-state index contributed by atoms with van der Waals surface area (Å²) in [5.74, 6) is -0.733. The lowest BCUT2D eigenvalue weighted by Crippen LogP contribution is -2.41. The molecule has 0 aliphatic carbocycles. The molecule has 0 radical (unpaired) electrons. The highest BCUT2D eigenvalue weighted by molar-refractivity contribution is 6.04. The van der Waals surface area contributed by atoms with Crippen molar-refractivity contribution in [2.24, 2.45) is 0 Å². The van der Waals surface area contributed by atoms with Crippen LogP contribution in [0.4, 0.5) is 5.69 Å². The largest absolute Gasteiger partial charge is 0.497 e. The first-order valence-electron chi connectivity index (χ1n) is 10.8. The molecule has 8 nitrogen and oxygen atoms in total. The Morgan fingerprint density at radius 2 is 1.74 bits per heavy atom. The standard InChI is InChI=1S/C26H25N3O5/c1-16(18-5-7-19(8-6-18)26(32)33)29-15-28-23-12-9-20(13-22(23)25(29)31)24(30)27-14-17-3-10-21(34-2)11-4-17/h3-13,16,28H,14-15H2,1-2H3,(H,27,30)(H,32,33). The first kappa shape index (κ1) is 22.8. The molecular formula is C26H25N3O5.